The lowest BCUT2D eigenvalue weighted by Gasteiger charge is -2.21. The summed E-state index contributed by atoms with van der Waals surface area (Å²) in [5.74, 6) is -0.245. The molecule has 1 aliphatic carbocycles. The molecule has 0 bridgehead atoms. The van der Waals surface area contributed by atoms with Gasteiger partial charge in [0.25, 0.3) is 0 Å². The van der Waals surface area contributed by atoms with Crippen LogP contribution in [0.15, 0.2) is 48.6 Å². The minimum absolute atomic E-state index is 0.170. The van der Waals surface area contributed by atoms with Gasteiger partial charge in [0.15, 0.2) is 0 Å². The molecule has 0 saturated carbocycles. The van der Waals surface area contributed by atoms with Crippen molar-refractivity contribution in [1.29, 1.82) is 0 Å². The van der Waals surface area contributed by atoms with E-state index in [9.17, 15) is 9.59 Å². The van der Waals surface area contributed by atoms with Crippen LogP contribution in [0, 0.1) is 5.92 Å². The Labute approximate surface area is 153 Å². The van der Waals surface area contributed by atoms with Crippen LogP contribution in [-0.4, -0.2) is 18.0 Å². The summed E-state index contributed by atoms with van der Waals surface area (Å²) in [6, 6.07) is 9.66. The summed E-state index contributed by atoms with van der Waals surface area (Å²) in [6.45, 7) is 8.86. The zero-order chi connectivity index (χ0) is 18.8. The quantitative estimate of drug-likeness (QED) is 0.464. The van der Waals surface area contributed by atoms with E-state index in [-0.39, 0.29) is 24.0 Å². The average molecular weight is 350 g/mol. The van der Waals surface area contributed by atoms with Gasteiger partial charge in [-0.05, 0) is 47.0 Å². The highest BCUT2D eigenvalue weighted by Gasteiger charge is 2.19. The second kappa shape index (κ2) is 7.16. The van der Waals surface area contributed by atoms with Crippen molar-refractivity contribution in [3.63, 3.8) is 0 Å². The van der Waals surface area contributed by atoms with Crippen molar-refractivity contribution in [1.82, 2.24) is 0 Å². The van der Waals surface area contributed by atoms with Crippen LogP contribution in [0.2, 0.25) is 0 Å². The number of hydrogen-bond donors (Lipinski definition) is 0. The number of hydrogen-bond acceptors (Lipinski definition) is 4. The fraction of sp³-hybridized carbons (Fsp3) is 0.273. The van der Waals surface area contributed by atoms with E-state index in [1.54, 1.807) is 6.92 Å². The molecule has 0 spiro atoms. The Morgan fingerprint density at radius 2 is 1.96 bits per heavy atom. The molecule has 2 aromatic rings. The molecule has 0 N–H and O–H groups in total. The van der Waals surface area contributed by atoms with Crippen LogP contribution >= 0.6 is 0 Å². The minimum Gasteiger partial charge on any atom is -0.454 e. The van der Waals surface area contributed by atoms with E-state index in [2.05, 4.69) is 6.58 Å². The Morgan fingerprint density at radius 3 is 2.65 bits per heavy atom. The maximum atomic E-state index is 11.8. The highest BCUT2D eigenvalue weighted by molar-refractivity contribution is 5.94. The Hall–Kier alpha value is -2.88. The molecule has 4 heteroatoms. The summed E-state index contributed by atoms with van der Waals surface area (Å²) in [6.07, 6.45) is 4.23. The smallest absolute Gasteiger partial charge is 0.333 e. The monoisotopic (exact) mass is 350 g/mol. The summed E-state index contributed by atoms with van der Waals surface area (Å²) in [4.78, 5) is 23.5. The largest absolute Gasteiger partial charge is 0.454 e. The molecule has 0 fully saturated rings. The highest BCUT2D eigenvalue weighted by Crippen LogP contribution is 2.31. The van der Waals surface area contributed by atoms with Gasteiger partial charge in [-0.15, -0.1) is 0 Å². The van der Waals surface area contributed by atoms with Gasteiger partial charge in [-0.1, -0.05) is 44.7 Å². The molecular formula is C22H22O4. The second-order valence-electron chi connectivity index (χ2n) is 6.88. The molecule has 4 nitrogen and oxygen atoms in total. The Balaban J connectivity index is 1.86. The number of rotatable bonds is 4. The molecule has 1 atom stereocenters. The molecule has 0 amide bonds. The van der Waals surface area contributed by atoms with Crippen LogP contribution in [0.1, 0.15) is 31.9 Å². The zero-order valence-corrected chi connectivity index (χ0v) is 15.2. The summed E-state index contributed by atoms with van der Waals surface area (Å²) in [5.41, 5.74) is 2.62. The molecular weight excluding hydrogens is 328 g/mol. The molecule has 0 aliphatic heterocycles. The van der Waals surface area contributed by atoms with Crippen LogP contribution in [0.5, 0.6) is 5.75 Å². The molecule has 2 aromatic carbocycles. The average Bonchev–Trinajstić information content (AvgIpc) is 2.61. The van der Waals surface area contributed by atoms with Gasteiger partial charge < -0.3 is 9.47 Å². The summed E-state index contributed by atoms with van der Waals surface area (Å²) < 4.78 is 10.8. The Bertz CT molecular complexity index is 921. The van der Waals surface area contributed by atoms with Gasteiger partial charge in [0, 0.05) is 12.0 Å². The third kappa shape index (κ3) is 3.69. The number of carbonyl (C=O) groups excluding carboxylic acids is 2. The van der Waals surface area contributed by atoms with Gasteiger partial charge in [0.2, 0.25) is 0 Å². The van der Waals surface area contributed by atoms with E-state index in [1.807, 2.05) is 56.3 Å². The van der Waals surface area contributed by atoms with Crippen molar-refractivity contribution in [2.45, 2.75) is 33.3 Å². The van der Waals surface area contributed by atoms with Crippen LogP contribution in [0.4, 0.5) is 0 Å². The fourth-order valence-corrected chi connectivity index (χ4v) is 2.86. The van der Waals surface area contributed by atoms with Crippen molar-refractivity contribution in [3.8, 4) is 5.75 Å². The lowest BCUT2D eigenvalue weighted by Crippen LogP contribution is -2.21. The first-order chi connectivity index (χ1) is 12.3. The first-order valence-corrected chi connectivity index (χ1v) is 8.67. The van der Waals surface area contributed by atoms with Crippen LogP contribution < -0.4 is 4.74 Å². The molecule has 1 aliphatic rings. The van der Waals surface area contributed by atoms with Crippen LogP contribution in [-0.2, 0) is 20.7 Å². The molecule has 26 heavy (non-hydrogen) atoms. The molecule has 0 saturated heterocycles. The Morgan fingerprint density at radius 1 is 1.19 bits per heavy atom. The SMILES string of the molecule is C=C(C)C(=O)OC1C=Cc2c(ccc3cc(OC(=O)C(C)C)ccc23)C1. The standard InChI is InChI=1S/C22H22O4/c1-13(2)21(23)25-17-7-9-19-15(11-17)5-6-16-12-18(8-10-20(16)19)26-22(24)14(3)4/h5-10,12,14,17H,1,11H2,2-4H3. The third-order valence-electron chi connectivity index (χ3n) is 4.32. The van der Waals surface area contributed by atoms with Gasteiger partial charge in [0.05, 0.1) is 5.92 Å². The minimum atomic E-state index is -0.375. The van der Waals surface area contributed by atoms with E-state index in [1.165, 1.54) is 0 Å². The van der Waals surface area contributed by atoms with E-state index in [0.717, 1.165) is 21.9 Å². The number of ether oxygens (including phenoxy) is 2. The van der Waals surface area contributed by atoms with Gasteiger partial charge in [-0.3, -0.25) is 4.79 Å². The second-order valence-corrected chi connectivity index (χ2v) is 6.88. The first kappa shape index (κ1) is 17.9. The van der Waals surface area contributed by atoms with Gasteiger partial charge >= 0.3 is 11.9 Å². The van der Waals surface area contributed by atoms with Crippen LogP contribution in [0.25, 0.3) is 16.8 Å². The predicted octanol–water partition coefficient (Wildman–Crippen LogP) is 4.46. The van der Waals surface area contributed by atoms with E-state index < -0.39 is 0 Å². The molecule has 1 unspecified atom stereocenters. The topological polar surface area (TPSA) is 52.6 Å². The van der Waals surface area contributed by atoms with Crippen molar-refractivity contribution in [2.24, 2.45) is 5.92 Å². The van der Waals surface area contributed by atoms with Crippen molar-refractivity contribution < 1.29 is 19.1 Å². The maximum Gasteiger partial charge on any atom is 0.333 e. The van der Waals surface area contributed by atoms with E-state index >= 15 is 0 Å². The third-order valence-corrected chi connectivity index (χ3v) is 4.32. The van der Waals surface area contributed by atoms with Gasteiger partial charge in [0.1, 0.15) is 11.9 Å². The molecule has 0 radical (unpaired) electrons. The van der Waals surface area contributed by atoms with Crippen molar-refractivity contribution in [3.05, 3.63) is 59.7 Å². The zero-order valence-electron chi connectivity index (χ0n) is 15.2. The van der Waals surface area contributed by atoms with Crippen molar-refractivity contribution >= 4 is 28.8 Å². The number of carbonyl (C=O) groups is 2. The molecule has 134 valence electrons. The predicted molar refractivity (Wildman–Crippen MR) is 102 cm³/mol. The number of esters is 2. The maximum absolute atomic E-state index is 11.8. The van der Waals surface area contributed by atoms with Gasteiger partial charge in [-0.2, -0.15) is 0 Å². The first-order valence-electron chi connectivity index (χ1n) is 8.67. The number of benzene rings is 2. The molecule has 3 rings (SSSR count). The van der Waals surface area contributed by atoms with Crippen molar-refractivity contribution in [2.75, 3.05) is 0 Å². The number of fused-ring (bicyclic) bond motifs is 3. The normalized spacial score (nSPS) is 15.6. The van der Waals surface area contributed by atoms with Gasteiger partial charge in [-0.25, -0.2) is 4.79 Å². The lowest BCUT2D eigenvalue weighted by molar-refractivity contribution is -0.142. The lowest BCUT2D eigenvalue weighted by atomic mass is 9.91. The van der Waals surface area contributed by atoms with E-state index in [4.69, 9.17) is 9.47 Å². The van der Waals surface area contributed by atoms with E-state index in [0.29, 0.717) is 17.7 Å². The van der Waals surface area contributed by atoms with Crippen LogP contribution in [0.3, 0.4) is 0 Å². The Kier molecular flexibility index (Phi) is 4.94. The highest BCUT2D eigenvalue weighted by atomic mass is 16.5. The molecule has 0 aromatic heterocycles. The summed E-state index contributed by atoms with van der Waals surface area (Å²) >= 11 is 0. The summed E-state index contributed by atoms with van der Waals surface area (Å²) in [7, 11) is 0. The fourth-order valence-electron chi connectivity index (χ4n) is 2.86. The molecule has 0 heterocycles. The summed E-state index contributed by atoms with van der Waals surface area (Å²) in [5, 5.41) is 2.08.